The first kappa shape index (κ1) is 16.0. The van der Waals surface area contributed by atoms with Gasteiger partial charge in [-0.3, -0.25) is 0 Å². The summed E-state index contributed by atoms with van der Waals surface area (Å²) in [6.45, 7) is 5.05. The fourth-order valence-electron chi connectivity index (χ4n) is 2.33. The van der Waals surface area contributed by atoms with Crippen LogP contribution in [0.2, 0.25) is 0 Å². The minimum atomic E-state index is -3.48. The minimum absolute atomic E-state index is 0.143. The van der Waals surface area contributed by atoms with Crippen LogP contribution in [0.5, 0.6) is 0 Å². The van der Waals surface area contributed by atoms with Crippen molar-refractivity contribution in [1.29, 1.82) is 0 Å². The molecule has 1 aromatic carbocycles. The van der Waals surface area contributed by atoms with Crippen molar-refractivity contribution in [3.63, 3.8) is 0 Å². The third-order valence-corrected chi connectivity index (χ3v) is 5.61. The average molecular weight is 306 g/mol. The van der Waals surface area contributed by atoms with Crippen LogP contribution in [0.15, 0.2) is 29.2 Å². The Morgan fingerprint density at radius 2 is 2.10 bits per heavy atom. The third-order valence-electron chi connectivity index (χ3n) is 4.21. The third kappa shape index (κ3) is 3.85. The van der Waals surface area contributed by atoms with E-state index in [9.17, 15) is 8.42 Å². The SMILES string of the molecule is CC(C)C1(CNS(=O)(=O)c2cccc(C#CCN)c2)CC1. The van der Waals surface area contributed by atoms with Crippen molar-refractivity contribution in [2.75, 3.05) is 13.1 Å². The molecule has 0 heterocycles. The molecular weight excluding hydrogens is 284 g/mol. The van der Waals surface area contributed by atoms with E-state index in [4.69, 9.17) is 5.73 Å². The van der Waals surface area contributed by atoms with E-state index in [0.717, 1.165) is 12.8 Å². The maximum absolute atomic E-state index is 12.4. The quantitative estimate of drug-likeness (QED) is 0.814. The maximum Gasteiger partial charge on any atom is 0.240 e. The smallest absolute Gasteiger partial charge is 0.240 e. The Morgan fingerprint density at radius 3 is 2.67 bits per heavy atom. The van der Waals surface area contributed by atoms with Crippen LogP contribution in [0, 0.1) is 23.2 Å². The van der Waals surface area contributed by atoms with Gasteiger partial charge in [0.1, 0.15) is 0 Å². The van der Waals surface area contributed by atoms with Crippen LogP contribution < -0.4 is 10.5 Å². The lowest BCUT2D eigenvalue weighted by atomic mass is 9.93. The Hall–Kier alpha value is -1.35. The topological polar surface area (TPSA) is 72.2 Å². The lowest BCUT2D eigenvalue weighted by Crippen LogP contribution is -2.32. The summed E-state index contributed by atoms with van der Waals surface area (Å²) in [6, 6.07) is 6.65. The van der Waals surface area contributed by atoms with Crippen LogP contribution in [-0.4, -0.2) is 21.5 Å². The zero-order chi connectivity index (χ0) is 15.5. The van der Waals surface area contributed by atoms with Gasteiger partial charge >= 0.3 is 0 Å². The molecule has 1 aliphatic rings. The van der Waals surface area contributed by atoms with Gasteiger partial charge in [-0.15, -0.1) is 0 Å². The number of benzene rings is 1. The van der Waals surface area contributed by atoms with Gasteiger partial charge in [0, 0.05) is 12.1 Å². The summed E-state index contributed by atoms with van der Waals surface area (Å²) in [6.07, 6.45) is 2.18. The predicted molar refractivity (Wildman–Crippen MR) is 84.1 cm³/mol. The van der Waals surface area contributed by atoms with Crippen LogP contribution in [0.1, 0.15) is 32.3 Å². The molecule has 0 aliphatic heterocycles. The molecule has 0 unspecified atom stereocenters. The molecule has 2 rings (SSSR count). The monoisotopic (exact) mass is 306 g/mol. The van der Waals surface area contributed by atoms with Gasteiger partial charge in [-0.1, -0.05) is 31.8 Å². The van der Waals surface area contributed by atoms with Gasteiger partial charge in [0.05, 0.1) is 11.4 Å². The molecule has 5 heteroatoms. The summed E-state index contributed by atoms with van der Waals surface area (Å²) in [5.74, 6) is 6.07. The second-order valence-corrected chi connectivity index (χ2v) is 7.64. The van der Waals surface area contributed by atoms with Crippen molar-refractivity contribution in [2.45, 2.75) is 31.6 Å². The fourth-order valence-corrected chi connectivity index (χ4v) is 3.52. The molecular formula is C16H22N2O2S. The number of hydrogen-bond acceptors (Lipinski definition) is 3. The van der Waals surface area contributed by atoms with Crippen LogP contribution >= 0.6 is 0 Å². The van der Waals surface area contributed by atoms with Crippen molar-refractivity contribution in [3.8, 4) is 11.8 Å². The minimum Gasteiger partial charge on any atom is -0.320 e. The average Bonchev–Trinajstić information content (AvgIpc) is 3.25. The van der Waals surface area contributed by atoms with Crippen LogP contribution in [0.4, 0.5) is 0 Å². The molecule has 0 saturated heterocycles. The van der Waals surface area contributed by atoms with Crippen molar-refractivity contribution in [3.05, 3.63) is 29.8 Å². The number of sulfonamides is 1. The van der Waals surface area contributed by atoms with E-state index in [1.807, 2.05) is 0 Å². The van der Waals surface area contributed by atoms with E-state index in [2.05, 4.69) is 30.4 Å². The van der Waals surface area contributed by atoms with Gasteiger partial charge in [-0.2, -0.15) is 0 Å². The molecule has 4 nitrogen and oxygen atoms in total. The van der Waals surface area contributed by atoms with Crippen LogP contribution in [-0.2, 0) is 10.0 Å². The fraction of sp³-hybridized carbons (Fsp3) is 0.500. The number of nitrogens with two attached hydrogens (primary N) is 1. The van der Waals surface area contributed by atoms with Crippen molar-refractivity contribution in [1.82, 2.24) is 4.72 Å². The predicted octanol–water partition coefficient (Wildman–Crippen LogP) is 1.71. The van der Waals surface area contributed by atoms with Gasteiger partial charge in [-0.05, 0) is 42.4 Å². The van der Waals surface area contributed by atoms with E-state index in [-0.39, 0.29) is 16.9 Å². The Balaban J connectivity index is 2.13. The molecule has 1 aromatic rings. The van der Waals surface area contributed by atoms with Gasteiger partial charge in [0.2, 0.25) is 10.0 Å². The standard InChI is InChI=1S/C16H22N2O2S/c1-13(2)16(8-9-16)12-18-21(19,20)15-7-3-5-14(11-15)6-4-10-17/h3,5,7,11,13,18H,8-10,12,17H2,1-2H3. The molecule has 1 saturated carbocycles. The molecule has 0 atom stereocenters. The highest BCUT2D eigenvalue weighted by molar-refractivity contribution is 7.89. The Kier molecular flexibility index (Phi) is 4.72. The molecule has 0 radical (unpaired) electrons. The van der Waals surface area contributed by atoms with Crippen molar-refractivity contribution < 1.29 is 8.42 Å². The lowest BCUT2D eigenvalue weighted by molar-refractivity contribution is 0.357. The number of rotatable bonds is 5. The number of hydrogen-bond donors (Lipinski definition) is 2. The highest BCUT2D eigenvalue weighted by atomic mass is 32.2. The zero-order valence-electron chi connectivity index (χ0n) is 12.5. The van der Waals surface area contributed by atoms with E-state index in [0.29, 0.717) is 18.0 Å². The largest absolute Gasteiger partial charge is 0.320 e. The second kappa shape index (κ2) is 6.18. The number of nitrogens with one attached hydrogen (secondary N) is 1. The highest BCUT2D eigenvalue weighted by Crippen LogP contribution is 2.51. The van der Waals surface area contributed by atoms with E-state index < -0.39 is 10.0 Å². The first-order chi connectivity index (χ1) is 9.89. The summed E-state index contributed by atoms with van der Waals surface area (Å²) in [7, 11) is -3.48. The molecule has 0 aromatic heterocycles. The second-order valence-electron chi connectivity index (χ2n) is 5.88. The molecule has 0 amide bonds. The van der Waals surface area contributed by atoms with Crippen LogP contribution in [0.3, 0.4) is 0 Å². The van der Waals surface area contributed by atoms with Gasteiger partial charge in [-0.25, -0.2) is 13.1 Å². The summed E-state index contributed by atoms with van der Waals surface area (Å²) >= 11 is 0. The van der Waals surface area contributed by atoms with Crippen molar-refractivity contribution in [2.24, 2.45) is 17.1 Å². The highest BCUT2D eigenvalue weighted by Gasteiger charge is 2.45. The summed E-state index contributed by atoms with van der Waals surface area (Å²) in [5, 5.41) is 0. The summed E-state index contributed by atoms with van der Waals surface area (Å²) in [4.78, 5) is 0.255. The molecule has 114 valence electrons. The zero-order valence-corrected chi connectivity index (χ0v) is 13.3. The van der Waals surface area contributed by atoms with Crippen LogP contribution in [0.25, 0.3) is 0 Å². The maximum atomic E-state index is 12.4. The lowest BCUT2D eigenvalue weighted by Gasteiger charge is -2.20. The molecule has 1 aliphatic carbocycles. The summed E-state index contributed by atoms with van der Waals surface area (Å²) in [5.41, 5.74) is 6.13. The van der Waals surface area contributed by atoms with Gasteiger partial charge in [0.15, 0.2) is 0 Å². The molecule has 0 spiro atoms. The van der Waals surface area contributed by atoms with Gasteiger partial charge in [0.25, 0.3) is 0 Å². The Morgan fingerprint density at radius 1 is 1.38 bits per heavy atom. The first-order valence-corrected chi connectivity index (χ1v) is 8.67. The molecule has 3 N–H and O–H groups in total. The molecule has 1 fully saturated rings. The van der Waals surface area contributed by atoms with E-state index >= 15 is 0 Å². The summed E-state index contributed by atoms with van der Waals surface area (Å²) < 4.78 is 27.5. The molecule has 21 heavy (non-hydrogen) atoms. The Bertz CT molecular complexity index is 665. The molecule has 0 bridgehead atoms. The van der Waals surface area contributed by atoms with Crippen molar-refractivity contribution >= 4 is 10.0 Å². The van der Waals surface area contributed by atoms with E-state index in [1.54, 1.807) is 24.3 Å². The normalized spacial score (nSPS) is 16.4. The van der Waals surface area contributed by atoms with Gasteiger partial charge < -0.3 is 5.73 Å². The van der Waals surface area contributed by atoms with E-state index in [1.165, 1.54) is 0 Å². The first-order valence-electron chi connectivity index (χ1n) is 7.18. The Labute approximate surface area is 127 Å².